The normalized spacial score (nSPS) is 10.4. The Kier molecular flexibility index (Phi) is 4.51. The molecule has 122 valence electrons. The molecule has 5 nitrogen and oxygen atoms in total. The molecule has 2 aromatic carbocycles. The Morgan fingerprint density at radius 3 is 2.83 bits per heavy atom. The van der Waals surface area contributed by atoms with Gasteiger partial charge in [0.1, 0.15) is 17.4 Å². The first-order valence-corrected chi connectivity index (χ1v) is 7.08. The van der Waals surface area contributed by atoms with Gasteiger partial charge in [-0.05, 0) is 24.3 Å². The van der Waals surface area contributed by atoms with Gasteiger partial charge in [-0.15, -0.1) is 0 Å². The number of nitrogens with one attached hydrogen (secondary N) is 1. The number of hydrogen-bond donors (Lipinski definition) is 1. The number of carbonyl (C=O) groups is 1. The lowest BCUT2D eigenvalue weighted by atomic mass is 10.3. The lowest BCUT2D eigenvalue weighted by molar-refractivity contribution is -0.118. The van der Waals surface area contributed by atoms with Crippen LogP contribution in [-0.2, 0) is 4.79 Å². The van der Waals surface area contributed by atoms with Gasteiger partial charge in [-0.2, -0.15) is 0 Å². The summed E-state index contributed by atoms with van der Waals surface area (Å²) in [7, 11) is 0. The second kappa shape index (κ2) is 6.91. The van der Waals surface area contributed by atoms with E-state index < -0.39 is 17.5 Å². The van der Waals surface area contributed by atoms with Crippen LogP contribution in [-0.4, -0.2) is 22.1 Å². The van der Waals surface area contributed by atoms with Gasteiger partial charge in [0, 0.05) is 24.5 Å². The number of aromatic nitrogens is 2. The van der Waals surface area contributed by atoms with E-state index in [1.165, 1.54) is 0 Å². The number of benzene rings is 2. The van der Waals surface area contributed by atoms with E-state index in [9.17, 15) is 13.6 Å². The van der Waals surface area contributed by atoms with Crippen LogP contribution in [0.3, 0.4) is 0 Å². The van der Waals surface area contributed by atoms with Crippen LogP contribution in [0, 0.1) is 11.6 Å². The quantitative estimate of drug-likeness (QED) is 0.782. The molecule has 0 radical (unpaired) electrons. The molecule has 0 aliphatic heterocycles. The summed E-state index contributed by atoms with van der Waals surface area (Å²) in [5.41, 5.74) is 0.729. The summed E-state index contributed by atoms with van der Waals surface area (Å²) >= 11 is 0. The Morgan fingerprint density at radius 1 is 1.21 bits per heavy atom. The molecule has 0 atom stereocenters. The first-order valence-electron chi connectivity index (χ1n) is 7.08. The summed E-state index contributed by atoms with van der Waals surface area (Å²) in [4.78, 5) is 15.8. The largest absolute Gasteiger partial charge is 0.484 e. The maximum absolute atomic E-state index is 13.5. The van der Waals surface area contributed by atoms with E-state index in [0.29, 0.717) is 11.8 Å². The fraction of sp³-hybridized carbons (Fsp3) is 0.0588. The van der Waals surface area contributed by atoms with Gasteiger partial charge in [-0.3, -0.25) is 4.79 Å². The van der Waals surface area contributed by atoms with Crippen molar-refractivity contribution in [3.8, 4) is 11.4 Å². The molecule has 0 unspecified atom stereocenters. The van der Waals surface area contributed by atoms with Gasteiger partial charge in [0.05, 0.1) is 17.7 Å². The van der Waals surface area contributed by atoms with E-state index in [1.807, 2.05) is 6.07 Å². The zero-order chi connectivity index (χ0) is 16.9. The fourth-order valence-electron chi connectivity index (χ4n) is 2.07. The highest BCUT2D eigenvalue weighted by Crippen LogP contribution is 2.17. The highest BCUT2D eigenvalue weighted by Gasteiger charge is 2.09. The van der Waals surface area contributed by atoms with E-state index in [0.717, 1.165) is 17.8 Å². The third kappa shape index (κ3) is 3.75. The Labute approximate surface area is 136 Å². The summed E-state index contributed by atoms with van der Waals surface area (Å²) in [5, 5.41) is 2.33. The maximum atomic E-state index is 13.5. The fourth-order valence-corrected chi connectivity index (χ4v) is 2.07. The minimum Gasteiger partial charge on any atom is -0.484 e. The predicted octanol–water partition coefficient (Wildman–Crippen LogP) is 3.17. The number of carbonyl (C=O) groups excluding carboxylic acids is 1. The molecule has 24 heavy (non-hydrogen) atoms. The minimum absolute atomic E-state index is 0.0998. The van der Waals surface area contributed by atoms with Crippen LogP contribution in [0.2, 0.25) is 0 Å². The Balaban J connectivity index is 1.61. The third-order valence-electron chi connectivity index (χ3n) is 3.20. The second-order valence-electron chi connectivity index (χ2n) is 4.93. The molecule has 1 aromatic heterocycles. The van der Waals surface area contributed by atoms with Crippen LogP contribution in [0.15, 0.2) is 61.2 Å². The van der Waals surface area contributed by atoms with Gasteiger partial charge >= 0.3 is 0 Å². The average molecular weight is 329 g/mol. The van der Waals surface area contributed by atoms with Gasteiger partial charge in [-0.1, -0.05) is 6.07 Å². The van der Waals surface area contributed by atoms with E-state index in [2.05, 4.69) is 10.3 Å². The van der Waals surface area contributed by atoms with Crippen molar-refractivity contribution < 1.29 is 18.3 Å². The molecule has 0 aliphatic rings. The van der Waals surface area contributed by atoms with Crippen molar-refractivity contribution in [2.24, 2.45) is 0 Å². The van der Waals surface area contributed by atoms with Crippen LogP contribution >= 0.6 is 0 Å². The maximum Gasteiger partial charge on any atom is 0.262 e. The van der Waals surface area contributed by atoms with Crippen molar-refractivity contribution in [2.75, 3.05) is 11.9 Å². The third-order valence-corrected chi connectivity index (χ3v) is 3.20. The summed E-state index contributed by atoms with van der Waals surface area (Å²) in [6.07, 6.45) is 5.07. The van der Waals surface area contributed by atoms with E-state index in [1.54, 1.807) is 41.5 Å². The molecule has 1 amide bonds. The Bertz CT molecular complexity index is 851. The number of rotatable bonds is 5. The molecule has 0 bridgehead atoms. The monoisotopic (exact) mass is 329 g/mol. The standard InChI is InChI=1S/C17H13F2N3O2/c18-12-4-5-16(15(19)8-12)21-17(23)10-24-14-3-1-2-13(9-14)22-7-6-20-11-22/h1-9,11H,10H2,(H,21,23). The van der Waals surface area contributed by atoms with E-state index in [-0.39, 0.29) is 12.3 Å². The number of nitrogens with zero attached hydrogens (tertiary/aromatic N) is 2. The molecule has 0 fully saturated rings. The summed E-state index contributed by atoms with van der Waals surface area (Å²) in [6, 6.07) is 10.0. The summed E-state index contributed by atoms with van der Waals surface area (Å²) in [6.45, 7) is -0.301. The second-order valence-corrected chi connectivity index (χ2v) is 4.93. The number of hydrogen-bond acceptors (Lipinski definition) is 3. The molecule has 3 aromatic rings. The molecule has 0 spiro atoms. The summed E-state index contributed by atoms with van der Waals surface area (Å²) < 4.78 is 33.5. The van der Waals surface area contributed by atoms with Gasteiger partial charge in [0.15, 0.2) is 6.61 Å². The number of imidazole rings is 1. The van der Waals surface area contributed by atoms with Crippen molar-refractivity contribution in [1.29, 1.82) is 0 Å². The predicted molar refractivity (Wildman–Crippen MR) is 84.0 cm³/mol. The molecule has 1 heterocycles. The highest BCUT2D eigenvalue weighted by molar-refractivity contribution is 5.91. The molecule has 3 rings (SSSR count). The Hall–Kier alpha value is -3.22. The SMILES string of the molecule is O=C(COc1cccc(-n2ccnc2)c1)Nc1ccc(F)cc1F. The van der Waals surface area contributed by atoms with Crippen LogP contribution in [0.1, 0.15) is 0 Å². The van der Waals surface area contributed by atoms with Gasteiger partial charge in [0.2, 0.25) is 0 Å². The minimum atomic E-state index is -0.842. The molecular formula is C17H13F2N3O2. The number of halogens is 2. The summed E-state index contributed by atoms with van der Waals surface area (Å²) in [5.74, 6) is -1.62. The van der Waals surface area contributed by atoms with Crippen molar-refractivity contribution in [3.05, 3.63) is 72.8 Å². The molecule has 0 saturated carbocycles. The van der Waals surface area contributed by atoms with E-state index in [4.69, 9.17) is 4.74 Å². The first-order chi connectivity index (χ1) is 11.6. The molecule has 1 N–H and O–H groups in total. The van der Waals surface area contributed by atoms with Gasteiger partial charge in [-0.25, -0.2) is 13.8 Å². The van der Waals surface area contributed by atoms with Crippen molar-refractivity contribution in [2.45, 2.75) is 0 Å². The van der Waals surface area contributed by atoms with Crippen LogP contribution in [0.4, 0.5) is 14.5 Å². The van der Waals surface area contributed by atoms with Crippen molar-refractivity contribution >= 4 is 11.6 Å². The lowest BCUT2D eigenvalue weighted by Gasteiger charge is -2.09. The van der Waals surface area contributed by atoms with Gasteiger partial charge < -0.3 is 14.6 Å². The van der Waals surface area contributed by atoms with Crippen LogP contribution < -0.4 is 10.1 Å². The van der Waals surface area contributed by atoms with Crippen molar-refractivity contribution in [3.63, 3.8) is 0 Å². The molecular weight excluding hydrogens is 316 g/mol. The number of anilines is 1. The zero-order valence-corrected chi connectivity index (χ0v) is 12.4. The molecule has 0 aliphatic carbocycles. The Morgan fingerprint density at radius 2 is 2.08 bits per heavy atom. The first kappa shape index (κ1) is 15.7. The highest BCUT2D eigenvalue weighted by atomic mass is 19.1. The molecule has 7 heteroatoms. The number of amides is 1. The van der Waals surface area contributed by atoms with Crippen LogP contribution in [0.5, 0.6) is 5.75 Å². The average Bonchev–Trinajstić information content (AvgIpc) is 3.10. The van der Waals surface area contributed by atoms with Gasteiger partial charge in [0.25, 0.3) is 5.91 Å². The lowest BCUT2D eigenvalue weighted by Crippen LogP contribution is -2.20. The zero-order valence-electron chi connectivity index (χ0n) is 12.4. The molecule has 0 saturated heterocycles. The number of ether oxygens (including phenoxy) is 1. The topological polar surface area (TPSA) is 56.2 Å². The smallest absolute Gasteiger partial charge is 0.262 e. The van der Waals surface area contributed by atoms with Crippen molar-refractivity contribution in [1.82, 2.24) is 9.55 Å². The van der Waals surface area contributed by atoms with Crippen LogP contribution in [0.25, 0.3) is 5.69 Å². The van der Waals surface area contributed by atoms with E-state index >= 15 is 0 Å².